The van der Waals surface area contributed by atoms with Gasteiger partial charge in [-0.25, -0.2) is 5.43 Å². The van der Waals surface area contributed by atoms with Crippen molar-refractivity contribution < 1.29 is 18.7 Å². The van der Waals surface area contributed by atoms with Gasteiger partial charge < -0.3 is 14.5 Å². The third-order valence-electron chi connectivity index (χ3n) is 6.14. The topological polar surface area (TPSA) is 96.2 Å². The Labute approximate surface area is 221 Å². The smallest absolute Gasteiger partial charge is 0.257 e. The van der Waals surface area contributed by atoms with Crippen molar-refractivity contribution in [1.82, 2.24) is 15.6 Å². The van der Waals surface area contributed by atoms with E-state index >= 15 is 0 Å². The van der Waals surface area contributed by atoms with Crippen LogP contribution in [0, 0.1) is 0 Å². The van der Waals surface area contributed by atoms with Gasteiger partial charge >= 0.3 is 0 Å². The van der Waals surface area contributed by atoms with Crippen molar-refractivity contribution in [2.24, 2.45) is 5.10 Å². The number of carbonyl (C=O) groups excluding carboxylic acids is 2. The van der Waals surface area contributed by atoms with Gasteiger partial charge in [-0.1, -0.05) is 29.8 Å². The summed E-state index contributed by atoms with van der Waals surface area (Å²) in [6, 6.07) is 19.8. The molecule has 0 saturated carbocycles. The number of furan rings is 1. The molecule has 1 aromatic heterocycles. The van der Waals surface area contributed by atoms with Gasteiger partial charge in [0, 0.05) is 35.8 Å². The molecule has 8 nitrogen and oxygen atoms in total. The highest BCUT2D eigenvalue weighted by molar-refractivity contribution is 6.30. The first-order valence-electron chi connectivity index (χ1n) is 12.4. The van der Waals surface area contributed by atoms with E-state index in [1.165, 1.54) is 6.21 Å². The van der Waals surface area contributed by atoms with Crippen LogP contribution in [0.2, 0.25) is 5.02 Å². The van der Waals surface area contributed by atoms with Gasteiger partial charge in [-0.15, -0.1) is 0 Å². The Morgan fingerprint density at radius 3 is 2.51 bits per heavy atom. The summed E-state index contributed by atoms with van der Waals surface area (Å²) in [5, 5.41) is 7.72. The Hall–Kier alpha value is -3.46. The zero-order valence-corrected chi connectivity index (χ0v) is 21.3. The Bertz CT molecular complexity index is 1170. The molecule has 9 heteroatoms. The van der Waals surface area contributed by atoms with Gasteiger partial charge in [-0.3, -0.25) is 14.5 Å². The molecule has 1 aliphatic rings. The lowest BCUT2D eigenvalue weighted by Crippen LogP contribution is -2.50. The summed E-state index contributed by atoms with van der Waals surface area (Å²) in [6.45, 7) is 3.13. The van der Waals surface area contributed by atoms with Crippen LogP contribution in [0.1, 0.15) is 35.4 Å². The van der Waals surface area contributed by atoms with E-state index in [-0.39, 0.29) is 17.9 Å². The van der Waals surface area contributed by atoms with E-state index in [4.69, 9.17) is 20.8 Å². The molecule has 194 valence electrons. The molecule has 2 amide bonds. The normalized spacial score (nSPS) is 14.9. The van der Waals surface area contributed by atoms with Crippen LogP contribution < -0.4 is 10.7 Å². The lowest BCUT2D eigenvalue weighted by molar-refractivity contribution is -0.128. The first kappa shape index (κ1) is 26.6. The number of rotatable bonds is 11. The molecule has 4 rings (SSSR count). The van der Waals surface area contributed by atoms with Crippen molar-refractivity contribution in [2.75, 3.05) is 32.8 Å². The van der Waals surface area contributed by atoms with Gasteiger partial charge in [0.1, 0.15) is 11.5 Å². The van der Waals surface area contributed by atoms with Crippen molar-refractivity contribution in [1.29, 1.82) is 0 Å². The second-order valence-electron chi connectivity index (χ2n) is 8.73. The zero-order valence-electron chi connectivity index (χ0n) is 20.6. The molecule has 2 heterocycles. The van der Waals surface area contributed by atoms with Gasteiger partial charge in [0.15, 0.2) is 0 Å². The largest absolute Gasteiger partial charge is 0.455 e. The molecule has 2 N–H and O–H groups in total. The molecule has 0 aliphatic carbocycles. The molecule has 2 aromatic carbocycles. The van der Waals surface area contributed by atoms with Crippen LogP contribution in [-0.4, -0.2) is 61.8 Å². The van der Waals surface area contributed by atoms with Gasteiger partial charge in [-0.2, -0.15) is 5.10 Å². The molecule has 1 saturated heterocycles. The third kappa shape index (κ3) is 8.01. The lowest BCUT2D eigenvalue weighted by atomic mass is 10.1. The third-order valence-corrected chi connectivity index (χ3v) is 6.39. The molecule has 1 aliphatic heterocycles. The maximum absolute atomic E-state index is 13.0. The lowest BCUT2D eigenvalue weighted by Gasteiger charge is -2.33. The first-order chi connectivity index (χ1) is 18.1. The fourth-order valence-electron chi connectivity index (χ4n) is 4.15. The van der Waals surface area contributed by atoms with Crippen LogP contribution in [0.15, 0.2) is 76.2 Å². The molecular formula is C28H31ClN4O4. The van der Waals surface area contributed by atoms with Crippen molar-refractivity contribution in [2.45, 2.75) is 25.3 Å². The van der Waals surface area contributed by atoms with Crippen molar-refractivity contribution >= 4 is 29.6 Å². The second-order valence-corrected chi connectivity index (χ2v) is 9.16. The molecule has 37 heavy (non-hydrogen) atoms. The maximum Gasteiger partial charge on any atom is 0.257 e. The van der Waals surface area contributed by atoms with E-state index in [1.807, 2.05) is 36.4 Å². The predicted octanol–water partition coefficient (Wildman–Crippen LogP) is 4.35. The van der Waals surface area contributed by atoms with E-state index in [2.05, 4.69) is 20.7 Å². The number of nitrogens with one attached hydrogen (secondary N) is 2. The molecule has 1 unspecified atom stereocenters. The van der Waals surface area contributed by atoms with Crippen molar-refractivity contribution in [3.63, 3.8) is 0 Å². The fourth-order valence-corrected chi connectivity index (χ4v) is 4.28. The molecule has 1 fully saturated rings. The summed E-state index contributed by atoms with van der Waals surface area (Å²) in [4.78, 5) is 27.4. The number of hydrazone groups is 1. The van der Waals surface area contributed by atoms with Crippen LogP contribution in [0.3, 0.4) is 0 Å². The van der Waals surface area contributed by atoms with E-state index < -0.39 is 0 Å². The molecule has 0 spiro atoms. The van der Waals surface area contributed by atoms with Crippen molar-refractivity contribution in [3.8, 4) is 11.3 Å². The van der Waals surface area contributed by atoms with E-state index in [1.54, 1.807) is 30.3 Å². The number of hydrogen-bond acceptors (Lipinski definition) is 6. The number of hydrogen-bond donors (Lipinski definition) is 2. The zero-order chi connectivity index (χ0) is 25.9. The summed E-state index contributed by atoms with van der Waals surface area (Å²) in [5.74, 6) is 0.961. The van der Waals surface area contributed by atoms with Crippen LogP contribution in [0.4, 0.5) is 0 Å². The first-order valence-corrected chi connectivity index (χ1v) is 12.8. The number of halogens is 1. The Morgan fingerprint density at radius 1 is 1.00 bits per heavy atom. The number of amides is 2. The maximum atomic E-state index is 13.0. The van der Waals surface area contributed by atoms with Crippen molar-refractivity contribution in [3.05, 3.63) is 83.1 Å². The van der Waals surface area contributed by atoms with Gasteiger partial charge in [0.2, 0.25) is 0 Å². The minimum Gasteiger partial charge on any atom is -0.455 e. The summed E-state index contributed by atoms with van der Waals surface area (Å²) in [5.41, 5.74) is 4.21. The van der Waals surface area contributed by atoms with E-state index in [0.717, 1.165) is 18.4 Å². The predicted molar refractivity (Wildman–Crippen MR) is 144 cm³/mol. The number of ether oxygens (including phenoxy) is 1. The Balaban J connectivity index is 1.27. The van der Waals surface area contributed by atoms with Gasteiger partial charge in [0.05, 0.1) is 25.5 Å². The van der Waals surface area contributed by atoms with Crippen LogP contribution in [0.5, 0.6) is 0 Å². The SMILES string of the molecule is O=C(NCCCCC(C(=O)N/N=C/c1ccc(-c2ccc(Cl)cc2)o1)N1CCOCC1)c1ccccc1. The summed E-state index contributed by atoms with van der Waals surface area (Å²) in [7, 11) is 0. The molecular weight excluding hydrogens is 492 g/mol. The second kappa shape index (κ2) is 13.7. The quantitative estimate of drug-likeness (QED) is 0.222. The number of morpholine rings is 1. The molecule has 1 atom stereocenters. The number of benzene rings is 2. The van der Waals surface area contributed by atoms with E-state index in [0.29, 0.717) is 61.4 Å². The van der Waals surface area contributed by atoms with Crippen LogP contribution in [-0.2, 0) is 9.53 Å². The van der Waals surface area contributed by atoms with Gasteiger partial charge in [-0.05, 0) is 67.8 Å². The number of carbonyl (C=O) groups is 2. The van der Waals surface area contributed by atoms with Crippen LogP contribution >= 0.6 is 11.6 Å². The molecule has 0 bridgehead atoms. The average Bonchev–Trinajstić information content (AvgIpc) is 3.40. The highest BCUT2D eigenvalue weighted by Gasteiger charge is 2.27. The summed E-state index contributed by atoms with van der Waals surface area (Å²) in [6.07, 6.45) is 3.71. The Morgan fingerprint density at radius 2 is 1.76 bits per heavy atom. The number of nitrogens with zero attached hydrogens (tertiary/aromatic N) is 2. The van der Waals surface area contributed by atoms with Gasteiger partial charge in [0.25, 0.3) is 11.8 Å². The average molecular weight is 523 g/mol. The highest BCUT2D eigenvalue weighted by atomic mass is 35.5. The number of unbranched alkanes of at least 4 members (excludes halogenated alkanes) is 1. The molecule has 3 aromatic rings. The highest BCUT2D eigenvalue weighted by Crippen LogP contribution is 2.23. The minimum atomic E-state index is -0.327. The van der Waals surface area contributed by atoms with Crippen LogP contribution in [0.25, 0.3) is 11.3 Å². The summed E-state index contributed by atoms with van der Waals surface area (Å²) < 4.78 is 11.3. The monoisotopic (exact) mass is 522 g/mol. The molecule has 0 radical (unpaired) electrons. The van der Waals surface area contributed by atoms with E-state index in [9.17, 15) is 9.59 Å². The fraction of sp³-hybridized carbons (Fsp3) is 0.321. The summed E-state index contributed by atoms with van der Waals surface area (Å²) >= 11 is 5.95. The minimum absolute atomic E-state index is 0.0884. The Kier molecular flexibility index (Phi) is 9.88. The standard InChI is InChI=1S/C28H31ClN4O4/c29-23-11-9-21(10-12-23)26-14-13-24(37-26)20-31-32-28(35)25(33-16-18-36-19-17-33)8-4-5-15-30-27(34)22-6-2-1-3-7-22/h1-3,6-7,9-14,20,25H,4-5,8,15-19H2,(H,30,34)(H,32,35)/b31-20+.